The van der Waals surface area contributed by atoms with Crippen molar-refractivity contribution < 1.29 is 9.59 Å². The monoisotopic (exact) mass is 338 g/mol. The van der Waals surface area contributed by atoms with Gasteiger partial charge in [-0.05, 0) is 36.1 Å². The second kappa shape index (κ2) is 6.44. The maximum atomic E-state index is 12.8. The van der Waals surface area contributed by atoms with Gasteiger partial charge in [0.1, 0.15) is 0 Å². The third kappa shape index (κ3) is 3.09. The van der Waals surface area contributed by atoms with E-state index in [1.165, 1.54) is 0 Å². The number of hydrogen-bond acceptors (Lipinski definition) is 4. The van der Waals surface area contributed by atoms with E-state index in [1.807, 2.05) is 37.6 Å². The lowest BCUT2D eigenvalue weighted by atomic mass is 9.89. The van der Waals surface area contributed by atoms with Crippen molar-refractivity contribution in [3.8, 4) is 0 Å². The Morgan fingerprint density at radius 2 is 2.20 bits per heavy atom. The van der Waals surface area contributed by atoms with Gasteiger partial charge in [-0.15, -0.1) is 0 Å². The highest BCUT2D eigenvalue weighted by Crippen LogP contribution is 2.30. The lowest BCUT2D eigenvalue weighted by Gasteiger charge is -2.19. The number of rotatable bonds is 3. The molecule has 0 spiro atoms. The van der Waals surface area contributed by atoms with Crippen LogP contribution in [0.25, 0.3) is 0 Å². The van der Waals surface area contributed by atoms with Crippen LogP contribution < -0.4 is 10.6 Å². The van der Waals surface area contributed by atoms with Crippen molar-refractivity contribution in [1.29, 1.82) is 0 Å². The SMILES string of the molecule is Cn1cc([C@H]2CNC[C@@H]2C(=O)Nc2ccc3c(c2)C(=O)CCC3)cn1. The second-order valence-electron chi connectivity index (χ2n) is 6.96. The molecule has 1 aromatic heterocycles. The largest absolute Gasteiger partial charge is 0.326 e. The third-order valence-electron chi connectivity index (χ3n) is 5.23. The van der Waals surface area contributed by atoms with Crippen LogP contribution in [0.5, 0.6) is 0 Å². The molecule has 0 bridgehead atoms. The third-order valence-corrected chi connectivity index (χ3v) is 5.23. The molecule has 6 nitrogen and oxygen atoms in total. The van der Waals surface area contributed by atoms with Crippen LogP contribution in [-0.4, -0.2) is 34.6 Å². The number of Topliss-reactive ketones (excluding diaryl/α,β-unsaturated/α-hetero) is 1. The molecular formula is C19H22N4O2. The van der Waals surface area contributed by atoms with Crippen LogP contribution in [0.15, 0.2) is 30.6 Å². The van der Waals surface area contributed by atoms with Gasteiger partial charge in [-0.1, -0.05) is 6.07 Å². The predicted molar refractivity (Wildman–Crippen MR) is 94.6 cm³/mol. The zero-order chi connectivity index (χ0) is 17.4. The number of carbonyl (C=O) groups is 2. The van der Waals surface area contributed by atoms with Gasteiger partial charge in [-0.25, -0.2) is 0 Å². The zero-order valence-electron chi connectivity index (χ0n) is 14.3. The maximum absolute atomic E-state index is 12.8. The normalized spacial score (nSPS) is 22.7. The van der Waals surface area contributed by atoms with Gasteiger partial charge in [0.2, 0.25) is 5.91 Å². The molecule has 25 heavy (non-hydrogen) atoms. The molecule has 0 unspecified atom stereocenters. The number of anilines is 1. The van der Waals surface area contributed by atoms with Gasteiger partial charge >= 0.3 is 0 Å². The molecule has 1 saturated heterocycles. The van der Waals surface area contributed by atoms with Gasteiger partial charge < -0.3 is 10.6 Å². The Labute approximate surface area is 146 Å². The van der Waals surface area contributed by atoms with E-state index in [-0.39, 0.29) is 23.5 Å². The van der Waals surface area contributed by atoms with Crippen LogP contribution in [0.2, 0.25) is 0 Å². The number of fused-ring (bicyclic) bond motifs is 1. The Kier molecular flexibility index (Phi) is 4.13. The number of hydrogen-bond donors (Lipinski definition) is 2. The summed E-state index contributed by atoms with van der Waals surface area (Å²) in [6.07, 6.45) is 6.24. The number of aryl methyl sites for hydroxylation is 2. The summed E-state index contributed by atoms with van der Waals surface area (Å²) in [4.78, 5) is 24.9. The molecule has 4 rings (SSSR count). The number of benzene rings is 1. The van der Waals surface area contributed by atoms with Crippen molar-refractivity contribution >= 4 is 17.4 Å². The molecular weight excluding hydrogens is 316 g/mol. The van der Waals surface area contributed by atoms with Gasteiger partial charge in [-0.3, -0.25) is 14.3 Å². The molecule has 2 aromatic rings. The Hall–Kier alpha value is -2.47. The van der Waals surface area contributed by atoms with Crippen LogP contribution in [0.4, 0.5) is 5.69 Å². The lowest BCUT2D eigenvalue weighted by molar-refractivity contribution is -0.119. The molecule has 1 aromatic carbocycles. The lowest BCUT2D eigenvalue weighted by Crippen LogP contribution is -2.28. The fourth-order valence-electron chi connectivity index (χ4n) is 3.88. The first-order valence-electron chi connectivity index (χ1n) is 8.78. The number of carbonyl (C=O) groups excluding carboxylic acids is 2. The van der Waals surface area contributed by atoms with Gasteiger partial charge in [0.25, 0.3) is 0 Å². The zero-order valence-corrected chi connectivity index (χ0v) is 14.3. The number of amides is 1. The van der Waals surface area contributed by atoms with Crippen LogP contribution >= 0.6 is 0 Å². The molecule has 2 heterocycles. The summed E-state index contributed by atoms with van der Waals surface area (Å²) in [7, 11) is 1.88. The van der Waals surface area contributed by atoms with E-state index in [0.29, 0.717) is 18.7 Å². The molecule has 1 amide bonds. The highest BCUT2D eigenvalue weighted by atomic mass is 16.2. The van der Waals surface area contributed by atoms with Crippen molar-refractivity contribution in [1.82, 2.24) is 15.1 Å². The van der Waals surface area contributed by atoms with Gasteiger partial charge in [0.05, 0.1) is 12.1 Å². The van der Waals surface area contributed by atoms with E-state index in [2.05, 4.69) is 15.7 Å². The molecule has 2 aliphatic rings. The maximum Gasteiger partial charge on any atom is 0.229 e. The van der Waals surface area contributed by atoms with Crippen molar-refractivity contribution in [2.24, 2.45) is 13.0 Å². The Morgan fingerprint density at radius 3 is 3.00 bits per heavy atom. The smallest absolute Gasteiger partial charge is 0.229 e. The van der Waals surface area contributed by atoms with Crippen LogP contribution in [0.1, 0.15) is 40.2 Å². The number of nitrogens with zero attached hydrogens (tertiary/aromatic N) is 2. The molecule has 2 atom stereocenters. The van der Waals surface area contributed by atoms with E-state index in [1.54, 1.807) is 4.68 Å². The van der Waals surface area contributed by atoms with E-state index in [0.717, 1.165) is 36.1 Å². The predicted octanol–water partition coefficient (Wildman–Crippen LogP) is 1.88. The first-order chi connectivity index (χ1) is 12.1. The first-order valence-corrected chi connectivity index (χ1v) is 8.78. The topological polar surface area (TPSA) is 76.0 Å². The Balaban J connectivity index is 1.52. The fraction of sp³-hybridized carbons (Fsp3) is 0.421. The molecule has 2 N–H and O–H groups in total. The van der Waals surface area contributed by atoms with Crippen molar-refractivity contribution in [3.63, 3.8) is 0 Å². The highest BCUT2D eigenvalue weighted by Gasteiger charge is 2.34. The minimum Gasteiger partial charge on any atom is -0.326 e. The van der Waals surface area contributed by atoms with E-state index in [4.69, 9.17) is 0 Å². The molecule has 1 fully saturated rings. The van der Waals surface area contributed by atoms with Crippen molar-refractivity contribution in [2.45, 2.75) is 25.2 Å². The number of aromatic nitrogens is 2. The summed E-state index contributed by atoms with van der Waals surface area (Å²) >= 11 is 0. The van der Waals surface area contributed by atoms with Crippen LogP contribution in [-0.2, 0) is 18.3 Å². The summed E-state index contributed by atoms with van der Waals surface area (Å²) in [5.41, 5.74) is 3.63. The number of ketones is 1. The van der Waals surface area contributed by atoms with Crippen molar-refractivity contribution in [2.75, 3.05) is 18.4 Å². The Bertz CT molecular complexity index is 827. The standard InChI is InChI=1S/C19H22N4O2/c1-23-11-13(8-21-23)16-9-20-10-17(16)19(25)22-14-6-5-12-3-2-4-18(24)15(12)7-14/h5-8,11,16-17,20H,2-4,9-10H2,1H3,(H,22,25)/t16-,17+/m1/s1. The van der Waals surface area contributed by atoms with Gasteiger partial charge in [-0.2, -0.15) is 5.10 Å². The highest BCUT2D eigenvalue weighted by molar-refractivity contribution is 6.01. The average Bonchev–Trinajstić information content (AvgIpc) is 3.24. The molecule has 0 radical (unpaired) electrons. The molecule has 130 valence electrons. The van der Waals surface area contributed by atoms with E-state index >= 15 is 0 Å². The average molecular weight is 338 g/mol. The van der Waals surface area contributed by atoms with Crippen LogP contribution in [0.3, 0.4) is 0 Å². The molecule has 6 heteroatoms. The quantitative estimate of drug-likeness (QED) is 0.896. The number of nitrogens with one attached hydrogen (secondary N) is 2. The van der Waals surface area contributed by atoms with Gasteiger partial charge in [0, 0.05) is 49.9 Å². The summed E-state index contributed by atoms with van der Waals surface area (Å²) in [5.74, 6) is 0.138. The van der Waals surface area contributed by atoms with Gasteiger partial charge in [0.15, 0.2) is 5.78 Å². The van der Waals surface area contributed by atoms with E-state index in [9.17, 15) is 9.59 Å². The van der Waals surface area contributed by atoms with Crippen molar-refractivity contribution in [3.05, 3.63) is 47.3 Å². The molecule has 1 aliphatic carbocycles. The first kappa shape index (κ1) is 16.0. The van der Waals surface area contributed by atoms with Crippen LogP contribution in [0, 0.1) is 5.92 Å². The minimum absolute atomic E-state index is 0.0120. The molecule has 0 saturated carbocycles. The summed E-state index contributed by atoms with van der Waals surface area (Å²) in [6, 6.07) is 5.69. The summed E-state index contributed by atoms with van der Waals surface area (Å²) < 4.78 is 1.76. The second-order valence-corrected chi connectivity index (χ2v) is 6.96. The fourth-order valence-corrected chi connectivity index (χ4v) is 3.88. The molecule has 1 aliphatic heterocycles. The summed E-state index contributed by atoms with van der Waals surface area (Å²) in [6.45, 7) is 1.42. The Morgan fingerprint density at radius 1 is 1.32 bits per heavy atom. The summed E-state index contributed by atoms with van der Waals surface area (Å²) in [5, 5.41) is 10.5. The van der Waals surface area contributed by atoms with E-state index < -0.39 is 0 Å². The minimum atomic E-state index is -0.143.